The summed E-state index contributed by atoms with van der Waals surface area (Å²) in [7, 11) is 0. The fourth-order valence-electron chi connectivity index (χ4n) is 3.66. The van der Waals surface area contributed by atoms with Gasteiger partial charge in [0.2, 0.25) is 0 Å². The molecule has 2 aliphatic rings. The lowest BCUT2D eigenvalue weighted by Gasteiger charge is -2.39. The van der Waals surface area contributed by atoms with E-state index in [4.69, 9.17) is 0 Å². The second-order valence-corrected chi connectivity index (χ2v) is 7.13. The van der Waals surface area contributed by atoms with Crippen molar-refractivity contribution in [1.82, 2.24) is 4.90 Å². The first-order valence-corrected chi connectivity index (χ1v) is 7.96. The Morgan fingerprint density at radius 3 is 2.39 bits per heavy atom. The van der Waals surface area contributed by atoms with Crippen LogP contribution in [0.5, 0.6) is 0 Å². The minimum atomic E-state index is -0.0423. The Morgan fingerprint density at radius 2 is 1.78 bits per heavy atom. The molecule has 3 unspecified atom stereocenters. The maximum absolute atomic E-state index is 10.2. The van der Waals surface area contributed by atoms with Gasteiger partial charge in [0, 0.05) is 6.54 Å². The molecular weight excluding hydrogens is 222 g/mol. The van der Waals surface area contributed by atoms with Gasteiger partial charge in [0.05, 0.1) is 6.10 Å². The summed E-state index contributed by atoms with van der Waals surface area (Å²) in [4.78, 5) is 2.59. The van der Waals surface area contributed by atoms with Crippen molar-refractivity contribution in [3.05, 3.63) is 0 Å². The van der Waals surface area contributed by atoms with Crippen molar-refractivity contribution in [3.63, 3.8) is 0 Å². The van der Waals surface area contributed by atoms with Crippen LogP contribution in [-0.2, 0) is 0 Å². The number of nitrogens with zero attached hydrogens (tertiary/aromatic N) is 1. The lowest BCUT2D eigenvalue weighted by molar-refractivity contribution is 0.0133. The molecule has 2 heteroatoms. The van der Waals surface area contributed by atoms with Gasteiger partial charge in [-0.1, -0.05) is 20.8 Å². The third-order valence-electron chi connectivity index (χ3n) is 5.29. The van der Waals surface area contributed by atoms with Crippen molar-refractivity contribution in [3.8, 4) is 0 Å². The first kappa shape index (κ1) is 14.3. The van der Waals surface area contributed by atoms with Crippen LogP contribution < -0.4 is 0 Å². The number of rotatable bonds is 3. The van der Waals surface area contributed by atoms with Crippen molar-refractivity contribution in [1.29, 1.82) is 0 Å². The summed E-state index contributed by atoms with van der Waals surface area (Å²) in [6, 6.07) is 0. The van der Waals surface area contributed by atoms with Crippen molar-refractivity contribution in [2.45, 2.75) is 59.0 Å². The second-order valence-electron chi connectivity index (χ2n) is 7.13. The molecule has 0 spiro atoms. The van der Waals surface area contributed by atoms with Crippen molar-refractivity contribution >= 4 is 0 Å². The SMILES string of the molecule is CC1CCN(CC2CC(C(C)C)CCC2O)CC1. The van der Waals surface area contributed by atoms with Gasteiger partial charge in [-0.2, -0.15) is 0 Å². The largest absolute Gasteiger partial charge is 0.393 e. The molecule has 1 N–H and O–H groups in total. The van der Waals surface area contributed by atoms with E-state index in [2.05, 4.69) is 25.7 Å². The number of piperidine rings is 1. The first-order chi connectivity index (χ1) is 8.56. The standard InChI is InChI=1S/C16H31NO/c1-12(2)14-4-5-16(18)15(10-14)11-17-8-6-13(3)7-9-17/h12-16,18H,4-11H2,1-3H3. The van der Waals surface area contributed by atoms with E-state index in [0.717, 1.165) is 30.7 Å². The quantitative estimate of drug-likeness (QED) is 0.835. The lowest BCUT2D eigenvalue weighted by atomic mass is 9.74. The molecule has 0 aromatic carbocycles. The van der Waals surface area contributed by atoms with Crippen LogP contribution >= 0.6 is 0 Å². The fourth-order valence-corrected chi connectivity index (χ4v) is 3.66. The Bertz CT molecular complexity index is 245. The van der Waals surface area contributed by atoms with Gasteiger partial charge in [0.1, 0.15) is 0 Å². The molecule has 106 valence electrons. The minimum absolute atomic E-state index is 0.0423. The van der Waals surface area contributed by atoms with E-state index < -0.39 is 0 Å². The number of likely N-dealkylation sites (tertiary alicyclic amines) is 1. The van der Waals surface area contributed by atoms with Crippen LogP contribution in [0.4, 0.5) is 0 Å². The van der Waals surface area contributed by atoms with Gasteiger partial charge in [0.15, 0.2) is 0 Å². The molecule has 2 nitrogen and oxygen atoms in total. The average Bonchev–Trinajstić information content (AvgIpc) is 2.34. The van der Waals surface area contributed by atoms with Crippen LogP contribution in [0, 0.1) is 23.7 Å². The van der Waals surface area contributed by atoms with Gasteiger partial charge < -0.3 is 10.0 Å². The van der Waals surface area contributed by atoms with E-state index in [1.54, 1.807) is 0 Å². The van der Waals surface area contributed by atoms with Gasteiger partial charge in [-0.05, 0) is 68.9 Å². The van der Waals surface area contributed by atoms with Gasteiger partial charge in [-0.15, -0.1) is 0 Å². The topological polar surface area (TPSA) is 23.5 Å². The van der Waals surface area contributed by atoms with Gasteiger partial charge in [0.25, 0.3) is 0 Å². The van der Waals surface area contributed by atoms with E-state index in [1.807, 2.05) is 0 Å². The van der Waals surface area contributed by atoms with Crippen LogP contribution in [0.2, 0.25) is 0 Å². The van der Waals surface area contributed by atoms with Crippen molar-refractivity contribution in [2.75, 3.05) is 19.6 Å². The predicted octanol–water partition coefficient (Wildman–Crippen LogP) is 3.15. The zero-order valence-electron chi connectivity index (χ0n) is 12.4. The van der Waals surface area contributed by atoms with Crippen LogP contribution in [0.15, 0.2) is 0 Å². The summed E-state index contributed by atoms with van der Waals surface area (Å²) >= 11 is 0. The highest BCUT2D eigenvalue weighted by Gasteiger charge is 2.32. The minimum Gasteiger partial charge on any atom is -0.393 e. The molecule has 0 bridgehead atoms. The molecule has 1 saturated carbocycles. The van der Waals surface area contributed by atoms with Crippen LogP contribution in [-0.4, -0.2) is 35.7 Å². The van der Waals surface area contributed by atoms with E-state index in [9.17, 15) is 5.11 Å². The smallest absolute Gasteiger partial charge is 0.0580 e. The van der Waals surface area contributed by atoms with Crippen molar-refractivity contribution < 1.29 is 5.11 Å². The average molecular weight is 253 g/mol. The molecule has 0 aromatic rings. The molecule has 1 aliphatic carbocycles. The number of aliphatic hydroxyl groups is 1. The van der Waals surface area contributed by atoms with E-state index in [1.165, 1.54) is 38.8 Å². The van der Waals surface area contributed by atoms with Gasteiger partial charge in [-0.3, -0.25) is 0 Å². The van der Waals surface area contributed by atoms with Crippen LogP contribution in [0.25, 0.3) is 0 Å². The Balaban J connectivity index is 1.83. The molecule has 2 fully saturated rings. The molecule has 0 aromatic heterocycles. The summed E-state index contributed by atoms with van der Waals surface area (Å²) in [5.74, 6) is 3.05. The highest BCUT2D eigenvalue weighted by Crippen LogP contribution is 2.34. The fraction of sp³-hybridized carbons (Fsp3) is 1.00. The molecule has 3 atom stereocenters. The molecule has 18 heavy (non-hydrogen) atoms. The van der Waals surface area contributed by atoms with Crippen LogP contribution in [0.1, 0.15) is 52.9 Å². The normalized spacial score (nSPS) is 36.2. The second kappa shape index (κ2) is 6.38. The first-order valence-electron chi connectivity index (χ1n) is 7.96. The monoisotopic (exact) mass is 253 g/mol. The van der Waals surface area contributed by atoms with E-state index in [-0.39, 0.29) is 6.10 Å². The number of hydrogen-bond donors (Lipinski definition) is 1. The van der Waals surface area contributed by atoms with E-state index >= 15 is 0 Å². The third-order valence-corrected chi connectivity index (χ3v) is 5.29. The predicted molar refractivity (Wildman–Crippen MR) is 76.5 cm³/mol. The third kappa shape index (κ3) is 3.71. The zero-order valence-corrected chi connectivity index (χ0v) is 12.4. The summed E-state index contributed by atoms with van der Waals surface area (Å²) in [5.41, 5.74) is 0. The Kier molecular flexibility index (Phi) is 5.08. The maximum atomic E-state index is 10.2. The maximum Gasteiger partial charge on any atom is 0.0580 e. The molecule has 2 rings (SSSR count). The molecule has 1 aliphatic heterocycles. The summed E-state index contributed by atoms with van der Waals surface area (Å²) < 4.78 is 0. The molecule has 0 radical (unpaired) electrons. The summed E-state index contributed by atoms with van der Waals surface area (Å²) in [5, 5.41) is 10.2. The highest BCUT2D eigenvalue weighted by molar-refractivity contribution is 4.84. The number of hydrogen-bond acceptors (Lipinski definition) is 2. The van der Waals surface area contributed by atoms with Gasteiger partial charge in [-0.25, -0.2) is 0 Å². The highest BCUT2D eigenvalue weighted by atomic mass is 16.3. The van der Waals surface area contributed by atoms with E-state index in [0.29, 0.717) is 5.92 Å². The molecular formula is C16H31NO. The summed E-state index contributed by atoms with van der Waals surface area (Å²) in [6.45, 7) is 10.7. The lowest BCUT2D eigenvalue weighted by Crippen LogP contribution is -2.42. The Hall–Kier alpha value is -0.0800. The van der Waals surface area contributed by atoms with Gasteiger partial charge >= 0.3 is 0 Å². The Labute approximate surface area is 113 Å². The number of aliphatic hydroxyl groups excluding tert-OH is 1. The molecule has 0 amide bonds. The molecule has 1 heterocycles. The summed E-state index contributed by atoms with van der Waals surface area (Å²) in [6.07, 6.45) is 6.14. The van der Waals surface area contributed by atoms with Crippen molar-refractivity contribution in [2.24, 2.45) is 23.7 Å². The molecule has 1 saturated heterocycles. The van der Waals surface area contributed by atoms with Crippen LogP contribution in [0.3, 0.4) is 0 Å². The zero-order chi connectivity index (χ0) is 13.1. The Morgan fingerprint density at radius 1 is 1.11 bits per heavy atom.